The average molecular weight is 390 g/mol. The van der Waals surface area contributed by atoms with E-state index in [1.165, 1.54) is 0 Å². The molecule has 12 N–H and O–H groups in total. The van der Waals surface area contributed by atoms with Crippen LogP contribution in [0.1, 0.15) is 32.1 Å². The summed E-state index contributed by atoms with van der Waals surface area (Å²) in [6.45, 7) is -0.0254. The number of nitrogens with two attached hydrogens (primary N) is 4. The minimum absolute atomic E-state index is 0.0254. The number of aliphatic hydroxyl groups excluding tert-OH is 3. The summed E-state index contributed by atoms with van der Waals surface area (Å²) in [4.78, 5) is 0. The van der Waals surface area contributed by atoms with E-state index >= 15 is 0 Å². The van der Waals surface area contributed by atoms with Gasteiger partial charge < -0.3 is 52.8 Å². The van der Waals surface area contributed by atoms with Crippen LogP contribution in [-0.2, 0) is 9.47 Å². The Morgan fingerprint density at radius 3 is 2.19 bits per heavy atom. The van der Waals surface area contributed by atoms with E-state index in [9.17, 15) is 20.4 Å². The lowest BCUT2D eigenvalue weighted by molar-refractivity contribution is -0.292. The van der Waals surface area contributed by atoms with E-state index in [0.717, 1.165) is 12.8 Å². The highest BCUT2D eigenvalue weighted by atomic mass is 16.7. The van der Waals surface area contributed by atoms with Gasteiger partial charge in [-0.05, 0) is 19.3 Å². The highest BCUT2D eigenvalue weighted by Crippen LogP contribution is 2.44. The summed E-state index contributed by atoms with van der Waals surface area (Å²) < 4.78 is 11.7. The van der Waals surface area contributed by atoms with Gasteiger partial charge in [-0.3, -0.25) is 0 Å². The Morgan fingerprint density at radius 2 is 1.59 bits per heavy atom. The molecule has 0 spiro atoms. The molecule has 0 aromatic carbocycles. The molecule has 1 saturated heterocycles. The van der Waals surface area contributed by atoms with E-state index in [4.69, 9.17) is 32.4 Å². The molecule has 10 nitrogen and oxygen atoms in total. The topological polar surface area (TPSA) is 203 Å². The Balaban J connectivity index is 1.83. The van der Waals surface area contributed by atoms with Gasteiger partial charge in [0.2, 0.25) is 0 Å². The summed E-state index contributed by atoms with van der Waals surface area (Å²) in [6.07, 6.45) is -3.13. The second-order valence-corrected chi connectivity index (χ2v) is 8.33. The first-order valence-corrected chi connectivity index (χ1v) is 9.74. The van der Waals surface area contributed by atoms with Gasteiger partial charge in [0.15, 0.2) is 6.29 Å². The van der Waals surface area contributed by atoms with Gasteiger partial charge in [0.25, 0.3) is 0 Å². The third-order valence-corrected chi connectivity index (χ3v) is 6.49. The van der Waals surface area contributed by atoms with E-state index in [2.05, 4.69) is 0 Å². The SMILES string of the molecule is NCC1OC(OC2C(N)CC(N)C(O)C2C2(O)CCCC2)C(N)C(O)C1O. The van der Waals surface area contributed by atoms with Crippen LogP contribution in [0.3, 0.4) is 0 Å². The molecule has 0 radical (unpaired) electrons. The third kappa shape index (κ3) is 3.88. The van der Waals surface area contributed by atoms with Crippen LogP contribution in [0.25, 0.3) is 0 Å². The lowest BCUT2D eigenvalue weighted by Gasteiger charge is -2.50. The number of aliphatic hydroxyl groups is 4. The van der Waals surface area contributed by atoms with Gasteiger partial charge in [0, 0.05) is 24.5 Å². The molecule has 2 saturated carbocycles. The molecule has 0 aromatic heterocycles. The first-order valence-electron chi connectivity index (χ1n) is 9.74. The highest BCUT2D eigenvalue weighted by molar-refractivity contribution is 5.07. The molecular weight excluding hydrogens is 356 g/mol. The van der Waals surface area contributed by atoms with Crippen molar-refractivity contribution in [2.75, 3.05) is 6.54 Å². The minimum Gasteiger partial charge on any atom is -0.391 e. The Morgan fingerprint density at radius 1 is 0.963 bits per heavy atom. The van der Waals surface area contributed by atoms with Crippen molar-refractivity contribution in [3.05, 3.63) is 0 Å². The van der Waals surface area contributed by atoms with E-state index < -0.39 is 66.5 Å². The zero-order chi connectivity index (χ0) is 19.9. The Bertz CT molecular complexity index is 506. The maximum Gasteiger partial charge on any atom is 0.176 e. The predicted octanol–water partition coefficient (Wildman–Crippen LogP) is -3.56. The molecule has 0 aromatic rings. The van der Waals surface area contributed by atoms with Gasteiger partial charge in [-0.1, -0.05) is 12.8 Å². The predicted molar refractivity (Wildman–Crippen MR) is 96.1 cm³/mol. The van der Waals surface area contributed by atoms with Crippen molar-refractivity contribution in [3.63, 3.8) is 0 Å². The van der Waals surface area contributed by atoms with Gasteiger partial charge in [-0.15, -0.1) is 0 Å². The minimum atomic E-state index is -1.28. The maximum absolute atomic E-state index is 11.1. The summed E-state index contributed by atoms with van der Waals surface area (Å²) in [7, 11) is 0. The normalized spacial score (nSPS) is 50.7. The molecule has 10 atom stereocenters. The Kier molecular flexibility index (Phi) is 6.43. The van der Waals surface area contributed by atoms with Crippen LogP contribution < -0.4 is 22.9 Å². The lowest BCUT2D eigenvalue weighted by Crippen LogP contribution is -2.68. The van der Waals surface area contributed by atoms with Gasteiger partial charge in [-0.2, -0.15) is 0 Å². The fourth-order valence-corrected chi connectivity index (χ4v) is 4.87. The number of ether oxygens (including phenoxy) is 2. The molecule has 10 unspecified atom stereocenters. The first-order chi connectivity index (χ1) is 12.7. The van der Waals surface area contributed by atoms with Crippen molar-refractivity contribution in [2.24, 2.45) is 28.9 Å². The summed E-state index contributed by atoms with van der Waals surface area (Å²) in [5.41, 5.74) is 22.8. The van der Waals surface area contributed by atoms with Crippen LogP contribution in [0.2, 0.25) is 0 Å². The quantitative estimate of drug-likeness (QED) is 0.237. The van der Waals surface area contributed by atoms with Crippen LogP contribution in [0.5, 0.6) is 0 Å². The molecule has 158 valence electrons. The van der Waals surface area contributed by atoms with Crippen molar-refractivity contribution in [3.8, 4) is 0 Å². The second kappa shape index (κ2) is 8.15. The zero-order valence-electron chi connectivity index (χ0n) is 15.4. The molecule has 3 fully saturated rings. The van der Waals surface area contributed by atoms with Crippen LogP contribution in [-0.4, -0.2) is 87.5 Å². The molecule has 10 heteroatoms. The number of hydrogen-bond donors (Lipinski definition) is 8. The Labute approximate surface area is 158 Å². The summed E-state index contributed by atoms with van der Waals surface area (Å²) >= 11 is 0. The maximum atomic E-state index is 11.1. The largest absolute Gasteiger partial charge is 0.391 e. The van der Waals surface area contributed by atoms with E-state index in [0.29, 0.717) is 19.3 Å². The van der Waals surface area contributed by atoms with E-state index in [1.807, 2.05) is 0 Å². The molecule has 0 amide bonds. The van der Waals surface area contributed by atoms with Crippen molar-refractivity contribution < 1.29 is 29.9 Å². The molecule has 3 aliphatic rings. The van der Waals surface area contributed by atoms with Crippen molar-refractivity contribution in [2.45, 2.75) is 92.6 Å². The second-order valence-electron chi connectivity index (χ2n) is 8.33. The fourth-order valence-electron chi connectivity index (χ4n) is 4.87. The monoisotopic (exact) mass is 390 g/mol. The Hall–Kier alpha value is -0.400. The summed E-state index contributed by atoms with van der Waals surface area (Å²) in [5, 5.41) is 42.1. The number of rotatable bonds is 4. The van der Waals surface area contributed by atoms with Gasteiger partial charge >= 0.3 is 0 Å². The van der Waals surface area contributed by atoms with Crippen molar-refractivity contribution >= 4 is 0 Å². The summed E-state index contributed by atoms with van der Waals surface area (Å²) in [5.74, 6) is -0.699. The van der Waals surface area contributed by atoms with Crippen LogP contribution in [0.4, 0.5) is 0 Å². The fraction of sp³-hybridized carbons (Fsp3) is 1.00. The summed E-state index contributed by atoms with van der Waals surface area (Å²) in [6, 6.07) is -2.14. The lowest BCUT2D eigenvalue weighted by atomic mass is 9.69. The number of hydrogen-bond acceptors (Lipinski definition) is 10. The van der Waals surface area contributed by atoms with Gasteiger partial charge in [-0.25, -0.2) is 0 Å². The van der Waals surface area contributed by atoms with Crippen molar-refractivity contribution in [1.29, 1.82) is 0 Å². The highest BCUT2D eigenvalue weighted by Gasteiger charge is 2.55. The smallest absolute Gasteiger partial charge is 0.176 e. The molecule has 1 heterocycles. The van der Waals surface area contributed by atoms with Crippen LogP contribution in [0, 0.1) is 5.92 Å². The average Bonchev–Trinajstić information content (AvgIpc) is 3.07. The van der Waals surface area contributed by atoms with Crippen LogP contribution >= 0.6 is 0 Å². The molecule has 27 heavy (non-hydrogen) atoms. The van der Waals surface area contributed by atoms with E-state index in [1.54, 1.807) is 0 Å². The van der Waals surface area contributed by atoms with Gasteiger partial charge in [0.05, 0.1) is 23.9 Å². The molecule has 1 aliphatic heterocycles. The van der Waals surface area contributed by atoms with Crippen molar-refractivity contribution in [1.82, 2.24) is 0 Å². The van der Waals surface area contributed by atoms with E-state index in [-0.39, 0.29) is 6.54 Å². The van der Waals surface area contributed by atoms with Crippen LogP contribution in [0.15, 0.2) is 0 Å². The standard InChI is InChI=1S/C17H34N4O6/c18-6-9-13(23)14(24)11(21)16(26-9)27-15-8(20)5-7(19)12(22)10(15)17(25)3-1-2-4-17/h7-16,22-25H,1-6,18-21H2. The third-order valence-electron chi connectivity index (χ3n) is 6.49. The first kappa shape index (κ1) is 21.3. The zero-order valence-corrected chi connectivity index (χ0v) is 15.4. The van der Waals surface area contributed by atoms with Gasteiger partial charge in [0.1, 0.15) is 18.3 Å². The molecular formula is C17H34N4O6. The molecule has 2 aliphatic carbocycles. The molecule has 3 rings (SSSR count). The molecule has 0 bridgehead atoms.